The van der Waals surface area contributed by atoms with Gasteiger partial charge in [0.05, 0.1) is 11.9 Å². The monoisotopic (exact) mass is 513 g/mol. The van der Waals surface area contributed by atoms with E-state index >= 15 is 0 Å². The van der Waals surface area contributed by atoms with Crippen LogP contribution in [0, 0.1) is 5.41 Å². The Bertz CT molecular complexity index is 1500. The minimum atomic E-state index is -1.05. The molecule has 0 radical (unpaired) electrons. The molecule has 0 aliphatic carbocycles. The molecular formula is C28H27N5O5. The van der Waals surface area contributed by atoms with Crippen molar-refractivity contribution in [3.05, 3.63) is 89.7 Å². The van der Waals surface area contributed by atoms with Crippen molar-refractivity contribution in [3.63, 3.8) is 0 Å². The normalized spacial score (nSPS) is 10.8. The minimum absolute atomic E-state index is 0.00173. The lowest BCUT2D eigenvalue weighted by molar-refractivity contribution is -0.136. The van der Waals surface area contributed by atoms with E-state index in [0.29, 0.717) is 29.5 Å². The van der Waals surface area contributed by atoms with Gasteiger partial charge < -0.3 is 20.1 Å². The van der Waals surface area contributed by atoms with E-state index in [9.17, 15) is 14.4 Å². The van der Waals surface area contributed by atoms with Gasteiger partial charge in [0.25, 0.3) is 0 Å². The van der Waals surface area contributed by atoms with Crippen molar-refractivity contribution in [2.45, 2.75) is 19.3 Å². The van der Waals surface area contributed by atoms with Crippen molar-refractivity contribution in [1.29, 1.82) is 5.41 Å². The van der Waals surface area contributed by atoms with Crippen LogP contribution in [0.4, 0.5) is 10.6 Å². The maximum Gasteiger partial charge on any atom is 0.420 e. The van der Waals surface area contributed by atoms with E-state index < -0.39 is 12.1 Å². The first-order valence-corrected chi connectivity index (χ1v) is 11.9. The lowest BCUT2D eigenvalue weighted by Gasteiger charge is -2.20. The number of aryl methyl sites for hydroxylation is 2. The number of aliphatic carboxylic acids is 1. The molecular weight excluding hydrogens is 486 g/mol. The molecule has 2 heterocycles. The number of nitrogens with two attached hydrogens (primary N) is 1. The maximum absolute atomic E-state index is 13.0. The topological polar surface area (TPSA) is 152 Å². The SMILES string of the molecule is Cn1cc(C(=O)CCc2ccc(C(=N)N)cc2)c2ccc(OC(=O)N(CCC(=O)O)c3ccccn3)cc21. The zero-order chi connectivity index (χ0) is 27.2. The van der Waals surface area contributed by atoms with Gasteiger partial charge in [-0.3, -0.25) is 19.9 Å². The number of hydrogen-bond donors (Lipinski definition) is 3. The predicted octanol–water partition coefficient (Wildman–Crippen LogP) is 4.15. The van der Waals surface area contributed by atoms with Crippen LogP contribution in [-0.4, -0.2) is 44.9 Å². The fraction of sp³-hybridized carbons (Fsp3) is 0.179. The van der Waals surface area contributed by atoms with E-state index in [-0.39, 0.29) is 36.2 Å². The van der Waals surface area contributed by atoms with Crippen LogP contribution in [0.1, 0.15) is 34.3 Å². The first-order valence-electron chi connectivity index (χ1n) is 11.9. The average Bonchev–Trinajstić information content (AvgIpc) is 3.24. The van der Waals surface area contributed by atoms with Crippen LogP contribution in [-0.2, 0) is 18.3 Å². The van der Waals surface area contributed by atoms with Gasteiger partial charge in [-0.1, -0.05) is 30.3 Å². The molecule has 2 aromatic heterocycles. The van der Waals surface area contributed by atoms with E-state index in [0.717, 1.165) is 10.9 Å². The Kier molecular flexibility index (Phi) is 7.81. The second kappa shape index (κ2) is 11.4. The van der Waals surface area contributed by atoms with E-state index in [4.69, 9.17) is 21.0 Å². The van der Waals surface area contributed by atoms with Crippen molar-refractivity contribution in [2.75, 3.05) is 11.4 Å². The third-order valence-electron chi connectivity index (χ3n) is 6.07. The highest BCUT2D eigenvalue weighted by Gasteiger charge is 2.21. The van der Waals surface area contributed by atoms with Gasteiger partial charge in [0.15, 0.2) is 5.78 Å². The number of aromatic nitrogens is 2. The molecule has 194 valence electrons. The minimum Gasteiger partial charge on any atom is -0.481 e. The molecule has 0 aliphatic heterocycles. The third-order valence-corrected chi connectivity index (χ3v) is 6.07. The maximum atomic E-state index is 13.0. The van der Waals surface area contributed by atoms with E-state index in [1.165, 1.54) is 11.1 Å². The van der Waals surface area contributed by atoms with Crippen LogP contribution in [0.15, 0.2) is 73.1 Å². The number of carboxylic acids is 1. The first kappa shape index (κ1) is 26.1. The Morgan fingerprint density at radius 3 is 2.50 bits per heavy atom. The van der Waals surface area contributed by atoms with Gasteiger partial charge >= 0.3 is 12.1 Å². The Balaban J connectivity index is 1.49. The van der Waals surface area contributed by atoms with Crippen LogP contribution in [0.2, 0.25) is 0 Å². The summed E-state index contributed by atoms with van der Waals surface area (Å²) in [6.45, 7) is -0.103. The largest absolute Gasteiger partial charge is 0.481 e. The summed E-state index contributed by atoms with van der Waals surface area (Å²) in [6, 6.07) is 17.2. The lowest BCUT2D eigenvalue weighted by atomic mass is 10.0. The number of ether oxygens (including phenoxy) is 1. The van der Waals surface area contributed by atoms with Gasteiger partial charge in [-0.2, -0.15) is 0 Å². The number of pyridine rings is 1. The number of anilines is 1. The molecule has 4 aromatic rings. The predicted molar refractivity (Wildman–Crippen MR) is 143 cm³/mol. The quantitative estimate of drug-likeness (QED) is 0.164. The van der Waals surface area contributed by atoms with Crippen molar-refractivity contribution in [1.82, 2.24) is 9.55 Å². The number of nitrogen functional groups attached to an aromatic ring is 1. The summed E-state index contributed by atoms with van der Waals surface area (Å²) >= 11 is 0. The molecule has 0 atom stereocenters. The summed E-state index contributed by atoms with van der Waals surface area (Å²) in [5, 5.41) is 17.3. The number of amides is 1. The zero-order valence-electron chi connectivity index (χ0n) is 20.8. The van der Waals surface area contributed by atoms with Crippen LogP contribution in [0.25, 0.3) is 10.9 Å². The number of carbonyl (C=O) groups excluding carboxylic acids is 2. The zero-order valence-corrected chi connectivity index (χ0v) is 20.8. The second-order valence-electron chi connectivity index (χ2n) is 8.72. The number of rotatable bonds is 10. The molecule has 0 saturated heterocycles. The molecule has 1 amide bonds. The molecule has 0 fully saturated rings. The van der Waals surface area contributed by atoms with Gasteiger partial charge in [0.2, 0.25) is 0 Å². The number of amidine groups is 1. The number of carbonyl (C=O) groups is 3. The molecule has 0 saturated carbocycles. The Labute approximate surface area is 218 Å². The molecule has 0 bridgehead atoms. The summed E-state index contributed by atoms with van der Waals surface area (Å²) in [7, 11) is 1.80. The molecule has 0 unspecified atom stereocenters. The first-order chi connectivity index (χ1) is 18.2. The van der Waals surface area contributed by atoms with Crippen molar-refractivity contribution in [3.8, 4) is 5.75 Å². The molecule has 4 N–H and O–H groups in total. The van der Waals surface area contributed by atoms with E-state index in [2.05, 4.69) is 4.98 Å². The van der Waals surface area contributed by atoms with Crippen LogP contribution < -0.4 is 15.4 Å². The summed E-state index contributed by atoms with van der Waals surface area (Å²) < 4.78 is 7.35. The van der Waals surface area contributed by atoms with Gasteiger partial charge in [0.1, 0.15) is 17.4 Å². The van der Waals surface area contributed by atoms with Crippen molar-refractivity contribution < 1.29 is 24.2 Å². The summed E-state index contributed by atoms with van der Waals surface area (Å²) in [5.41, 5.74) is 8.37. The van der Waals surface area contributed by atoms with Gasteiger partial charge in [-0.15, -0.1) is 0 Å². The number of Topliss-reactive ketones (excluding diaryl/α,β-unsaturated/α-hetero) is 1. The van der Waals surface area contributed by atoms with Gasteiger partial charge in [0, 0.05) is 55.0 Å². The standard InChI is InChI=1S/C28H27N5O5/c1-32-17-22(24(34)12-7-18-5-8-19(9-6-18)27(29)30)21-11-10-20(16-23(21)32)38-28(37)33(15-13-26(35)36)25-4-2-3-14-31-25/h2-6,8-11,14,16-17H,7,12-13,15H2,1H3,(H3,29,30)(H,35,36). The molecule has 2 aromatic carbocycles. The number of nitrogens with one attached hydrogen (secondary N) is 1. The Hall–Kier alpha value is -4.99. The smallest absolute Gasteiger partial charge is 0.420 e. The third kappa shape index (κ3) is 6.04. The van der Waals surface area contributed by atoms with Crippen LogP contribution >= 0.6 is 0 Å². The molecule has 0 aliphatic rings. The van der Waals surface area contributed by atoms with Crippen LogP contribution in [0.3, 0.4) is 0 Å². The summed E-state index contributed by atoms with van der Waals surface area (Å²) in [6.07, 6.45) is 3.08. The van der Waals surface area contributed by atoms with Crippen LogP contribution in [0.5, 0.6) is 5.75 Å². The molecule has 0 spiro atoms. The van der Waals surface area contributed by atoms with Gasteiger partial charge in [-0.05, 0) is 36.2 Å². The number of ketones is 1. The molecule has 10 nitrogen and oxygen atoms in total. The van der Waals surface area contributed by atoms with E-state index in [1.807, 2.05) is 12.1 Å². The highest BCUT2D eigenvalue weighted by atomic mass is 16.6. The Morgan fingerprint density at radius 2 is 1.84 bits per heavy atom. The highest BCUT2D eigenvalue weighted by Crippen LogP contribution is 2.27. The molecule has 10 heteroatoms. The van der Waals surface area contributed by atoms with Crippen molar-refractivity contribution in [2.24, 2.45) is 12.8 Å². The number of nitrogens with zero attached hydrogens (tertiary/aromatic N) is 3. The van der Waals surface area contributed by atoms with E-state index in [1.54, 1.807) is 66.3 Å². The van der Waals surface area contributed by atoms with Gasteiger partial charge in [-0.25, -0.2) is 9.78 Å². The van der Waals surface area contributed by atoms with Crippen molar-refractivity contribution >= 4 is 40.4 Å². The number of fused-ring (bicyclic) bond motifs is 1. The highest BCUT2D eigenvalue weighted by molar-refractivity contribution is 6.08. The second-order valence-corrected chi connectivity index (χ2v) is 8.72. The Morgan fingerprint density at radius 1 is 1.08 bits per heavy atom. The summed E-state index contributed by atoms with van der Waals surface area (Å²) in [5.74, 6) is -0.537. The number of benzene rings is 2. The average molecular weight is 514 g/mol. The fourth-order valence-corrected chi connectivity index (χ4v) is 4.07. The molecule has 4 rings (SSSR count). The summed E-state index contributed by atoms with van der Waals surface area (Å²) in [4.78, 5) is 42.4. The number of hydrogen-bond acceptors (Lipinski definition) is 6. The number of carboxylic acid groups (broad SMARTS) is 1. The molecule has 38 heavy (non-hydrogen) atoms. The lowest BCUT2D eigenvalue weighted by Crippen LogP contribution is -2.36. The fourth-order valence-electron chi connectivity index (χ4n) is 4.07.